The molecule has 15 heavy (non-hydrogen) atoms. The number of benzene rings is 1. The molecule has 2 aromatic rings. The van der Waals surface area contributed by atoms with Gasteiger partial charge in [0, 0.05) is 5.54 Å². The lowest BCUT2D eigenvalue weighted by Crippen LogP contribution is -2.16. The topological polar surface area (TPSA) is 40.7 Å². The van der Waals surface area contributed by atoms with Crippen molar-refractivity contribution in [3.63, 3.8) is 0 Å². The number of nitrogens with zero attached hydrogens (tertiary/aromatic N) is 1. The molecule has 78 valence electrons. The molecule has 1 aromatic carbocycles. The summed E-state index contributed by atoms with van der Waals surface area (Å²) in [6, 6.07) is 4.57. The highest BCUT2D eigenvalue weighted by atomic mass is 19.1. The Bertz CT molecular complexity index is 514. The number of fused-ring (bicyclic) bond motifs is 1. The predicted octanol–water partition coefficient (Wildman–Crippen LogP) is 2.67. The minimum Gasteiger partial charge on any atom is -0.351 e. The number of aromatic nitrogens is 2. The third-order valence-corrected chi connectivity index (χ3v) is 2.86. The Hall–Kier alpha value is -1.58. The standard InChI is InChI=1S/C11H12FN3/c1-11(4-5-11)15-10-13-8-3-2-7(12)6-9(8)14-10/h2-3,6H,4-5H2,1H3,(H2,13,14,15). The molecule has 2 N–H and O–H groups in total. The van der Waals surface area contributed by atoms with Gasteiger partial charge in [-0.2, -0.15) is 0 Å². The summed E-state index contributed by atoms with van der Waals surface area (Å²) < 4.78 is 12.9. The van der Waals surface area contributed by atoms with Crippen molar-refractivity contribution in [2.45, 2.75) is 25.3 Å². The van der Waals surface area contributed by atoms with Gasteiger partial charge in [-0.25, -0.2) is 9.37 Å². The van der Waals surface area contributed by atoms with Gasteiger partial charge < -0.3 is 10.3 Å². The van der Waals surface area contributed by atoms with Crippen LogP contribution in [0.1, 0.15) is 19.8 Å². The number of anilines is 1. The Kier molecular flexibility index (Phi) is 1.58. The highest BCUT2D eigenvalue weighted by Gasteiger charge is 2.37. The number of H-pyrrole nitrogens is 1. The molecule has 0 aliphatic heterocycles. The fourth-order valence-electron chi connectivity index (χ4n) is 1.64. The fraction of sp³-hybridized carbons (Fsp3) is 0.364. The van der Waals surface area contributed by atoms with Crippen LogP contribution in [0.25, 0.3) is 11.0 Å². The molecule has 0 radical (unpaired) electrons. The van der Waals surface area contributed by atoms with Gasteiger partial charge in [0.25, 0.3) is 0 Å². The molecular weight excluding hydrogens is 193 g/mol. The Balaban J connectivity index is 1.99. The number of hydrogen-bond donors (Lipinski definition) is 2. The van der Waals surface area contributed by atoms with E-state index in [1.54, 1.807) is 6.07 Å². The average molecular weight is 205 g/mol. The molecule has 1 aliphatic carbocycles. The molecule has 1 aliphatic rings. The second kappa shape index (κ2) is 2.72. The summed E-state index contributed by atoms with van der Waals surface area (Å²) in [5.74, 6) is 0.492. The second-order valence-corrected chi connectivity index (χ2v) is 4.43. The molecule has 1 heterocycles. The third-order valence-electron chi connectivity index (χ3n) is 2.86. The van der Waals surface area contributed by atoms with E-state index >= 15 is 0 Å². The van der Waals surface area contributed by atoms with Crippen molar-refractivity contribution in [3.05, 3.63) is 24.0 Å². The Labute approximate surface area is 86.7 Å². The van der Waals surface area contributed by atoms with Gasteiger partial charge in [-0.05, 0) is 38.0 Å². The lowest BCUT2D eigenvalue weighted by atomic mass is 10.3. The summed E-state index contributed by atoms with van der Waals surface area (Å²) in [5, 5.41) is 3.31. The van der Waals surface area contributed by atoms with Gasteiger partial charge in [-0.15, -0.1) is 0 Å². The van der Waals surface area contributed by atoms with Gasteiger partial charge in [0.1, 0.15) is 5.82 Å². The predicted molar refractivity (Wildman–Crippen MR) is 57.3 cm³/mol. The summed E-state index contributed by atoms with van der Waals surface area (Å²) in [6.45, 7) is 2.15. The van der Waals surface area contributed by atoms with Gasteiger partial charge in [0.15, 0.2) is 0 Å². The Morgan fingerprint density at radius 2 is 2.27 bits per heavy atom. The number of nitrogens with one attached hydrogen (secondary N) is 2. The van der Waals surface area contributed by atoms with Gasteiger partial charge in [-0.1, -0.05) is 0 Å². The van der Waals surface area contributed by atoms with Gasteiger partial charge in [0.2, 0.25) is 5.95 Å². The van der Waals surface area contributed by atoms with Crippen LogP contribution in [-0.2, 0) is 0 Å². The highest BCUT2D eigenvalue weighted by molar-refractivity contribution is 5.77. The van der Waals surface area contributed by atoms with Gasteiger partial charge in [0.05, 0.1) is 11.0 Å². The van der Waals surface area contributed by atoms with E-state index in [2.05, 4.69) is 22.2 Å². The normalized spacial score (nSPS) is 18.0. The number of hydrogen-bond acceptors (Lipinski definition) is 2. The van der Waals surface area contributed by atoms with Crippen molar-refractivity contribution in [3.8, 4) is 0 Å². The molecule has 0 saturated heterocycles. The van der Waals surface area contributed by atoms with Crippen LogP contribution in [0.3, 0.4) is 0 Å². The third kappa shape index (κ3) is 1.56. The summed E-state index contributed by atoms with van der Waals surface area (Å²) in [6.07, 6.45) is 2.33. The van der Waals surface area contributed by atoms with Crippen molar-refractivity contribution >= 4 is 17.0 Å². The molecule has 0 bridgehead atoms. The first-order valence-electron chi connectivity index (χ1n) is 5.08. The first kappa shape index (κ1) is 8.71. The van der Waals surface area contributed by atoms with Crippen LogP contribution in [0.2, 0.25) is 0 Å². The largest absolute Gasteiger partial charge is 0.351 e. The lowest BCUT2D eigenvalue weighted by molar-refractivity contribution is 0.629. The first-order chi connectivity index (χ1) is 7.15. The van der Waals surface area contributed by atoms with Crippen molar-refractivity contribution in [2.24, 2.45) is 0 Å². The van der Waals surface area contributed by atoms with Crippen molar-refractivity contribution in [1.29, 1.82) is 0 Å². The van der Waals surface area contributed by atoms with Crippen molar-refractivity contribution in [2.75, 3.05) is 5.32 Å². The first-order valence-corrected chi connectivity index (χ1v) is 5.08. The molecule has 4 heteroatoms. The van der Waals surface area contributed by atoms with Gasteiger partial charge in [-0.3, -0.25) is 0 Å². The molecule has 3 rings (SSSR count). The lowest BCUT2D eigenvalue weighted by Gasteiger charge is -2.08. The zero-order valence-electron chi connectivity index (χ0n) is 8.47. The van der Waals surface area contributed by atoms with E-state index in [-0.39, 0.29) is 11.4 Å². The number of halogens is 1. The van der Waals surface area contributed by atoms with E-state index in [9.17, 15) is 4.39 Å². The molecular formula is C11H12FN3. The monoisotopic (exact) mass is 205 g/mol. The Morgan fingerprint density at radius 1 is 1.47 bits per heavy atom. The fourth-order valence-corrected chi connectivity index (χ4v) is 1.64. The maximum atomic E-state index is 12.9. The summed E-state index contributed by atoms with van der Waals surface area (Å²) in [5.41, 5.74) is 1.72. The van der Waals surface area contributed by atoms with Crippen LogP contribution >= 0.6 is 0 Å². The summed E-state index contributed by atoms with van der Waals surface area (Å²) >= 11 is 0. The zero-order valence-corrected chi connectivity index (χ0v) is 8.47. The van der Waals surface area contributed by atoms with Crippen LogP contribution < -0.4 is 5.32 Å². The van der Waals surface area contributed by atoms with E-state index in [0.29, 0.717) is 0 Å². The SMILES string of the molecule is CC1(Nc2nc3ccc(F)cc3[nH]2)CC1. The van der Waals surface area contributed by atoms with Crippen LogP contribution in [0.4, 0.5) is 10.3 Å². The number of rotatable bonds is 2. The molecule has 1 aromatic heterocycles. The molecule has 0 atom stereocenters. The second-order valence-electron chi connectivity index (χ2n) is 4.43. The van der Waals surface area contributed by atoms with E-state index in [1.165, 1.54) is 25.0 Å². The minimum atomic E-state index is -0.240. The maximum absolute atomic E-state index is 12.9. The number of imidazole rings is 1. The Morgan fingerprint density at radius 3 is 3.00 bits per heavy atom. The van der Waals surface area contributed by atoms with E-state index in [0.717, 1.165) is 17.0 Å². The molecule has 0 amide bonds. The zero-order chi connectivity index (χ0) is 10.5. The van der Waals surface area contributed by atoms with Crippen LogP contribution in [-0.4, -0.2) is 15.5 Å². The molecule has 3 nitrogen and oxygen atoms in total. The van der Waals surface area contributed by atoms with E-state index < -0.39 is 0 Å². The smallest absolute Gasteiger partial charge is 0.201 e. The average Bonchev–Trinajstić information content (AvgIpc) is 2.76. The minimum absolute atomic E-state index is 0.187. The van der Waals surface area contributed by atoms with E-state index in [4.69, 9.17) is 0 Å². The molecule has 0 unspecified atom stereocenters. The summed E-state index contributed by atoms with van der Waals surface area (Å²) in [4.78, 5) is 7.42. The van der Waals surface area contributed by atoms with Crippen molar-refractivity contribution < 1.29 is 4.39 Å². The number of aromatic amines is 1. The van der Waals surface area contributed by atoms with E-state index in [1.807, 2.05) is 0 Å². The van der Waals surface area contributed by atoms with Crippen molar-refractivity contribution in [1.82, 2.24) is 9.97 Å². The van der Waals surface area contributed by atoms with Crippen LogP contribution in [0.15, 0.2) is 18.2 Å². The molecule has 1 fully saturated rings. The molecule has 1 saturated carbocycles. The van der Waals surface area contributed by atoms with Crippen LogP contribution in [0.5, 0.6) is 0 Å². The summed E-state index contributed by atoms with van der Waals surface area (Å²) in [7, 11) is 0. The maximum Gasteiger partial charge on any atom is 0.201 e. The molecule has 0 spiro atoms. The quantitative estimate of drug-likeness (QED) is 0.791. The highest BCUT2D eigenvalue weighted by Crippen LogP contribution is 2.37. The van der Waals surface area contributed by atoms with Gasteiger partial charge >= 0.3 is 0 Å². The van der Waals surface area contributed by atoms with Crippen LogP contribution in [0, 0.1) is 5.82 Å².